The van der Waals surface area contributed by atoms with Gasteiger partial charge >= 0.3 is 12.5 Å². The van der Waals surface area contributed by atoms with Gasteiger partial charge in [0.25, 0.3) is 5.89 Å². The third-order valence-electron chi connectivity index (χ3n) is 4.29. The lowest BCUT2D eigenvalue weighted by Crippen LogP contribution is -2.27. The van der Waals surface area contributed by atoms with Gasteiger partial charge in [0.15, 0.2) is 0 Å². The van der Waals surface area contributed by atoms with Gasteiger partial charge in [-0.05, 0) is 50.6 Å². The Balaban J connectivity index is 1.38. The highest BCUT2D eigenvalue weighted by Gasteiger charge is 2.18. The Morgan fingerprint density at radius 3 is 2.26 bits per heavy atom. The fourth-order valence-electron chi connectivity index (χ4n) is 2.82. The molecule has 4 rings (SSSR count). The van der Waals surface area contributed by atoms with Gasteiger partial charge in [-0.15, -0.1) is 20.4 Å². The van der Waals surface area contributed by atoms with Crippen LogP contribution in [-0.4, -0.2) is 37.1 Å². The molecule has 0 unspecified atom stereocenters. The van der Waals surface area contributed by atoms with Crippen LogP contribution in [0.25, 0.3) is 22.9 Å². The van der Waals surface area contributed by atoms with Crippen LogP contribution in [0.2, 0.25) is 0 Å². The first-order chi connectivity index (χ1) is 16.2. The van der Waals surface area contributed by atoms with Crippen molar-refractivity contribution in [2.75, 3.05) is 5.32 Å². The lowest BCUT2D eigenvalue weighted by Gasteiger charge is -2.19. The van der Waals surface area contributed by atoms with E-state index in [4.69, 9.17) is 13.6 Å². The summed E-state index contributed by atoms with van der Waals surface area (Å²) in [4.78, 5) is 16.0. The van der Waals surface area contributed by atoms with E-state index >= 15 is 0 Å². The number of anilines is 1. The second-order valence-electron chi connectivity index (χ2n) is 8.18. The third-order valence-corrected chi connectivity index (χ3v) is 4.29. The van der Waals surface area contributed by atoms with E-state index in [2.05, 4.69) is 30.7 Å². The highest BCUT2D eigenvalue weighted by molar-refractivity contribution is 5.83. The minimum atomic E-state index is -2.82. The van der Waals surface area contributed by atoms with Crippen LogP contribution < -0.4 is 5.32 Å². The molecule has 0 aliphatic rings. The summed E-state index contributed by atoms with van der Waals surface area (Å²) in [5.41, 5.74) is 1.33. The number of nitrogens with zero attached hydrogens (tertiary/aromatic N) is 5. The highest BCUT2D eigenvalue weighted by atomic mass is 19.3. The van der Waals surface area contributed by atoms with Crippen LogP contribution in [0, 0.1) is 0 Å². The summed E-state index contributed by atoms with van der Waals surface area (Å²) in [6.45, 7) is 5.30. The van der Waals surface area contributed by atoms with Crippen molar-refractivity contribution in [1.29, 1.82) is 0 Å². The van der Waals surface area contributed by atoms with Crippen molar-refractivity contribution in [3.05, 3.63) is 59.9 Å². The molecule has 0 saturated carbocycles. The minimum Gasteiger partial charge on any atom is -0.444 e. The summed E-state index contributed by atoms with van der Waals surface area (Å²) in [5, 5.41) is 17.6. The van der Waals surface area contributed by atoms with E-state index in [0.29, 0.717) is 29.3 Å². The number of carbonyl (C=O) groups is 1. The van der Waals surface area contributed by atoms with Crippen LogP contribution in [0.15, 0.2) is 51.4 Å². The van der Waals surface area contributed by atoms with Gasteiger partial charge in [0.1, 0.15) is 11.4 Å². The predicted octanol–water partition coefficient (Wildman–Crippen LogP) is 5.06. The lowest BCUT2D eigenvalue weighted by atomic mass is 10.1. The normalized spacial score (nSPS) is 11.6. The smallest absolute Gasteiger partial charge is 0.413 e. The van der Waals surface area contributed by atoms with Crippen molar-refractivity contribution >= 4 is 11.9 Å². The maximum Gasteiger partial charge on any atom is 0.413 e. The quantitative estimate of drug-likeness (QED) is 0.411. The van der Waals surface area contributed by atoms with Crippen molar-refractivity contribution < 1.29 is 27.1 Å². The molecule has 10 nitrogen and oxygen atoms in total. The van der Waals surface area contributed by atoms with Gasteiger partial charge in [-0.3, -0.25) is 5.32 Å². The Labute approximate surface area is 192 Å². The molecule has 1 N–H and O–H groups in total. The molecule has 4 aromatic rings. The molecule has 1 amide bonds. The maximum absolute atomic E-state index is 12.6. The van der Waals surface area contributed by atoms with Gasteiger partial charge < -0.3 is 13.6 Å². The van der Waals surface area contributed by atoms with Crippen molar-refractivity contribution in [3.8, 4) is 22.9 Å². The minimum absolute atomic E-state index is 0.0130. The first kappa shape index (κ1) is 23.0. The maximum atomic E-state index is 12.6. The van der Waals surface area contributed by atoms with Crippen LogP contribution in [-0.2, 0) is 11.2 Å². The summed E-state index contributed by atoms with van der Waals surface area (Å²) in [5.74, 6) is 0.254. The van der Waals surface area contributed by atoms with Gasteiger partial charge in [0.05, 0.1) is 12.0 Å². The van der Waals surface area contributed by atoms with E-state index in [9.17, 15) is 13.6 Å². The van der Waals surface area contributed by atoms with Gasteiger partial charge in [0.2, 0.25) is 17.7 Å². The van der Waals surface area contributed by atoms with E-state index in [-0.39, 0.29) is 11.8 Å². The zero-order chi connectivity index (χ0) is 24.3. The van der Waals surface area contributed by atoms with Crippen LogP contribution in [0.5, 0.6) is 0 Å². The number of ether oxygens (including phenoxy) is 1. The predicted molar refractivity (Wildman–Crippen MR) is 115 cm³/mol. The molecule has 34 heavy (non-hydrogen) atoms. The van der Waals surface area contributed by atoms with Gasteiger partial charge in [-0.25, -0.2) is 9.78 Å². The Morgan fingerprint density at radius 2 is 1.65 bits per heavy atom. The molecule has 0 fully saturated rings. The van der Waals surface area contributed by atoms with Crippen molar-refractivity contribution in [2.24, 2.45) is 0 Å². The van der Waals surface area contributed by atoms with Crippen LogP contribution in [0.3, 0.4) is 0 Å². The Bertz CT molecular complexity index is 1260. The van der Waals surface area contributed by atoms with E-state index in [0.717, 1.165) is 5.56 Å². The number of rotatable bonds is 6. The van der Waals surface area contributed by atoms with Crippen molar-refractivity contribution in [3.63, 3.8) is 0 Å². The topological polar surface area (TPSA) is 129 Å². The summed E-state index contributed by atoms with van der Waals surface area (Å²) < 4.78 is 41.0. The van der Waals surface area contributed by atoms with Gasteiger partial charge in [-0.2, -0.15) is 8.78 Å². The Morgan fingerprint density at radius 1 is 0.971 bits per heavy atom. The molecule has 0 spiro atoms. The average Bonchev–Trinajstić information content (AvgIpc) is 3.44. The number of benzene rings is 1. The monoisotopic (exact) mass is 470 g/mol. The molecule has 3 aromatic heterocycles. The molecule has 0 radical (unpaired) electrons. The average molecular weight is 470 g/mol. The lowest BCUT2D eigenvalue weighted by molar-refractivity contribution is 0.0635. The Kier molecular flexibility index (Phi) is 6.30. The number of nitrogens with one attached hydrogen (secondary N) is 1. The van der Waals surface area contributed by atoms with Crippen molar-refractivity contribution in [2.45, 2.75) is 39.2 Å². The molecule has 3 heterocycles. The molecule has 1 aromatic carbocycles. The number of carbonyl (C=O) groups excluding carboxylic acids is 1. The summed E-state index contributed by atoms with van der Waals surface area (Å²) in [7, 11) is 0. The molecule has 0 bridgehead atoms. The first-order valence-corrected chi connectivity index (χ1v) is 10.2. The number of hydrogen-bond donors (Lipinski definition) is 1. The number of alkyl halides is 2. The van der Waals surface area contributed by atoms with E-state index < -0.39 is 24.0 Å². The molecule has 0 aliphatic heterocycles. The number of aromatic nitrogens is 5. The third kappa shape index (κ3) is 5.77. The van der Waals surface area contributed by atoms with E-state index in [1.165, 1.54) is 6.20 Å². The number of amides is 1. The summed E-state index contributed by atoms with van der Waals surface area (Å²) in [6.07, 6.45) is -1.57. The second-order valence-corrected chi connectivity index (χ2v) is 8.18. The molecule has 0 aliphatic carbocycles. The summed E-state index contributed by atoms with van der Waals surface area (Å²) in [6, 6.07) is 10.2. The fraction of sp³-hybridized carbons (Fsp3) is 0.273. The molecule has 0 saturated heterocycles. The molecule has 176 valence electrons. The van der Waals surface area contributed by atoms with Crippen LogP contribution in [0.4, 0.5) is 19.4 Å². The molecular formula is C22H20F2N6O4. The van der Waals surface area contributed by atoms with Crippen molar-refractivity contribution in [1.82, 2.24) is 25.4 Å². The number of hydrogen-bond acceptors (Lipinski definition) is 9. The van der Waals surface area contributed by atoms with Gasteiger partial charge in [-0.1, -0.05) is 12.1 Å². The van der Waals surface area contributed by atoms with Gasteiger partial charge in [0, 0.05) is 11.8 Å². The van der Waals surface area contributed by atoms with E-state index in [1.54, 1.807) is 57.2 Å². The SMILES string of the molecule is CC(C)(C)OC(=O)Nc1ccc(-c2nnc(Cc3ccc(-c4nnc(C(F)F)o4)cc3)o2)cn1. The molecular weight excluding hydrogens is 450 g/mol. The standard InChI is InChI=1S/C22H20F2N6O4/c1-22(2,3)34-21(31)26-15-9-8-14(11-25-15)19-28-27-16(32-19)10-12-4-6-13(7-5-12)18-29-30-20(33-18)17(23)24/h4-9,11,17H,10H2,1-3H3,(H,25,26,31). The molecule has 0 atom stereocenters. The largest absolute Gasteiger partial charge is 0.444 e. The van der Waals surface area contributed by atoms with Crippen LogP contribution in [0.1, 0.15) is 44.5 Å². The zero-order valence-electron chi connectivity index (χ0n) is 18.5. The second kappa shape index (κ2) is 9.33. The number of halogens is 2. The highest BCUT2D eigenvalue weighted by Crippen LogP contribution is 2.24. The van der Waals surface area contributed by atoms with Crippen LogP contribution >= 0.6 is 0 Å². The fourth-order valence-corrected chi connectivity index (χ4v) is 2.82. The molecule has 12 heteroatoms. The summed E-state index contributed by atoms with van der Waals surface area (Å²) >= 11 is 0. The van der Waals surface area contributed by atoms with E-state index in [1.807, 2.05) is 0 Å². The Hall–Kier alpha value is -4.22. The number of pyridine rings is 1. The zero-order valence-corrected chi connectivity index (χ0v) is 18.5. The first-order valence-electron chi connectivity index (χ1n) is 10.2.